The lowest BCUT2D eigenvalue weighted by molar-refractivity contribution is -0.140. The van der Waals surface area contributed by atoms with E-state index >= 15 is 0 Å². The van der Waals surface area contributed by atoms with E-state index in [2.05, 4.69) is 0 Å². The summed E-state index contributed by atoms with van der Waals surface area (Å²) >= 11 is 0. The molecule has 2 unspecified atom stereocenters. The minimum absolute atomic E-state index is 0.00162. The zero-order chi connectivity index (χ0) is 11.4. The number of likely N-dealkylation sites (tertiary alicyclic amines) is 1. The summed E-state index contributed by atoms with van der Waals surface area (Å²) in [4.78, 5) is 24.6. The van der Waals surface area contributed by atoms with Gasteiger partial charge in [0.25, 0.3) is 0 Å². The van der Waals surface area contributed by atoms with Crippen molar-refractivity contribution in [1.82, 2.24) is 4.90 Å². The zero-order valence-electron chi connectivity index (χ0n) is 9.11. The Hall–Kier alpha value is -1.10. The topological polar surface area (TPSA) is 89.4 Å². The third-order valence-corrected chi connectivity index (χ3v) is 2.89. The number of nitrogens with two attached hydrogens (primary N) is 2. The summed E-state index contributed by atoms with van der Waals surface area (Å²) in [6, 6.07) is -0.405. The Balaban J connectivity index is 2.62. The third-order valence-electron chi connectivity index (χ3n) is 2.89. The van der Waals surface area contributed by atoms with E-state index < -0.39 is 11.9 Å². The summed E-state index contributed by atoms with van der Waals surface area (Å²) in [5, 5.41) is 0. The molecule has 15 heavy (non-hydrogen) atoms. The van der Waals surface area contributed by atoms with Crippen LogP contribution in [0.1, 0.15) is 26.2 Å². The monoisotopic (exact) mass is 213 g/mol. The van der Waals surface area contributed by atoms with Crippen molar-refractivity contribution in [2.24, 2.45) is 17.4 Å². The molecule has 0 aromatic rings. The van der Waals surface area contributed by atoms with E-state index in [9.17, 15) is 9.59 Å². The highest BCUT2D eigenvalue weighted by Gasteiger charge is 2.34. The van der Waals surface area contributed by atoms with Gasteiger partial charge < -0.3 is 16.4 Å². The SMILES string of the molecule is CC(CCN)C(=O)N1CCCC1C(N)=O. The molecule has 4 N–H and O–H groups in total. The van der Waals surface area contributed by atoms with E-state index in [0.29, 0.717) is 25.9 Å². The molecule has 0 aromatic heterocycles. The second-order valence-electron chi connectivity index (χ2n) is 4.07. The van der Waals surface area contributed by atoms with Gasteiger partial charge in [0.2, 0.25) is 11.8 Å². The molecule has 0 radical (unpaired) electrons. The standard InChI is InChI=1S/C10H19N3O2/c1-7(4-5-11)10(15)13-6-2-3-8(13)9(12)14/h7-8H,2-6,11H2,1H3,(H2,12,14). The maximum atomic E-state index is 11.9. The summed E-state index contributed by atoms with van der Waals surface area (Å²) in [5.41, 5.74) is 10.6. The number of rotatable bonds is 4. The van der Waals surface area contributed by atoms with Gasteiger partial charge in [-0.2, -0.15) is 0 Å². The Kier molecular flexibility index (Phi) is 4.08. The molecule has 0 aliphatic carbocycles. The molecule has 2 atom stereocenters. The Morgan fingerprint density at radius 3 is 2.73 bits per heavy atom. The quantitative estimate of drug-likeness (QED) is 0.656. The van der Waals surface area contributed by atoms with E-state index in [4.69, 9.17) is 11.5 Å². The fourth-order valence-corrected chi connectivity index (χ4v) is 1.98. The first-order valence-electron chi connectivity index (χ1n) is 5.37. The number of primary amides is 1. The lowest BCUT2D eigenvalue weighted by atomic mass is 10.1. The molecule has 1 heterocycles. The molecule has 5 nitrogen and oxygen atoms in total. The number of carbonyl (C=O) groups excluding carboxylic acids is 2. The summed E-state index contributed by atoms with van der Waals surface area (Å²) in [6.07, 6.45) is 2.20. The molecule has 0 bridgehead atoms. The van der Waals surface area contributed by atoms with Crippen LogP contribution in [0.5, 0.6) is 0 Å². The smallest absolute Gasteiger partial charge is 0.240 e. The van der Waals surface area contributed by atoms with Gasteiger partial charge in [-0.1, -0.05) is 6.92 Å². The van der Waals surface area contributed by atoms with Crippen molar-refractivity contribution < 1.29 is 9.59 Å². The summed E-state index contributed by atoms with van der Waals surface area (Å²) in [5.74, 6) is -0.516. The summed E-state index contributed by atoms with van der Waals surface area (Å²) in [7, 11) is 0. The first-order chi connectivity index (χ1) is 7.07. The Bertz CT molecular complexity index is 255. The Labute approximate surface area is 89.8 Å². The van der Waals surface area contributed by atoms with Crippen LogP contribution in [0.25, 0.3) is 0 Å². The van der Waals surface area contributed by atoms with Crippen LogP contribution in [0.2, 0.25) is 0 Å². The minimum atomic E-state index is -0.405. The maximum absolute atomic E-state index is 11.9. The number of hydrogen-bond acceptors (Lipinski definition) is 3. The van der Waals surface area contributed by atoms with Crippen LogP contribution in [0.4, 0.5) is 0 Å². The number of hydrogen-bond donors (Lipinski definition) is 2. The van der Waals surface area contributed by atoms with E-state index in [0.717, 1.165) is 6.42 Å². The van der Waals surface area contributed by atoms with Crippen molar-refractivity contribution in [1.29, 1.82) is 0 Å². The van der Waals surface area contributed by atoms with Crippen molar-refractivity contribution in [3.05, 3.63) is 0 Å². The normalized spacial score (nSPS) is 22.8. The van der Waals surface area contributed by atoms with E-state index in [1.807, 2.05) is 6.92 Å². The van der Waals surface area contributed by atoms with E-state index in [-0.39, 0.29) is 11.8 Å². The second kappa shape index (κ2) is 5.11. The molecule has 1 saturated heterocycles. The third kappa shape index (κ3) is 2.68. The minimum Gasteiger partial charge on any atom is -0.368 e. The Morgan fingerprint density at radius 2 is 2.20 bits per heavy atom. The second-order valence-corrected chi connectivity index (χ2v) is 4.07. The average Bonchev–Trinajstić information content (AvgIpc) is 2.65. The molecule has 0 saturated carbocycles. The zero-order valence-corrected chi connectivity index (χ0v) is 9.11. The van der Waals surface area contributed by atoms with Gasteiger partial charge in [0, 0.05) is 12.5 Å². The number of amides is 2. The molecule has 1 aliphatic rings. The highest BCUT2D eigenvalue weighted by Crippen LogP contribution is 2.20. The van der Waals surface area contributed by atoms with Crippen LogP contribution in [-0.2, 0) is 9.59 Å². The summed E-state index contributed by atoms with van der Waals surface area (Å²) in [6.45, 7) is 2.97. The molecule has 0 spiro atoms. The van der Waals surface area contributed by atoms with Gasteiger partial charge in [-0.3, -0.25) is 9.59 Å². The first-order valence-corrected chi connectivity index (χ1v) is 5.37. The molecule has 2 amide bonds. The van der Waals surface area contributed by atoms with E-state index in [1.54, 1.807) is 4.90 Å². The average molecular weight is 213 g/mol. The van der Waals surface area contributed by atoms with Crippen molar-refractivity contribution in [2.75, 3.05) is 13.1 Å². The fourth-order valence-electron chi connectivity index (χ4n) is 1.98. The largest absolute Gasteiger partial charge is 0.368 e. The highest BCUT2D eigenvalue weighted by atomic mass is 16.2. The van der Waals surface area contributed by atoms with Crippen LogP contribution in [0.3, 0.4) is 0 Å². The molecule has 1 fully saturated rings. The highest BCUT2D eigenvalue weighted by molar-refractivity contribution is 5.88. The van der Waals surface area contributed by atoms with Gasteiger partial charge in [-0.25, -0.2) is 0 Å². The van der Waals surface area contributed by atoms with Crippen LogP contribution >= 0.6 is 0 Å². The van der Waals surface area contributed by atoms with Crippen molar-refractivity contribution in [2.45, 2.75) is 32.2 Å². The lowest BCUT2D eigenvalue weighted by Gasteiger charge is -2.25. The molecule has 1 aliphatic heterocycles. The van der Waals surface area contributed by atoms with E-state index in [1.165, 1.54) is 0 Å². The molecular formula is C10H19N3O2. The summed E-state index contributed by atoms with van der Waals surface area (Å²) < 4.78 is 0. The van der Waals surface area contributed by atoms with Gasteiger partial charge in [0.15, 0.2) is 0 Å². The molecule has 0 aromatic carbocycles. The van der Waals surface area contributed by atoms with Crippen molar-refractivity contribution >= 4 is 11.8 Å². The predicted octanol–water partition coefficient (Wildman–Crippen LogP) is -0.552. The van der Waals surface area contributed by atoms with Gasteiger partial charge in [0.05, 0.1) is 0 Å². The molecular weight excluding hydrogens is 194 g/mol. The van der Waals surface area contributed by atoms with Crippen LogP contribution < -0.4 is 11.5 Å². The predicted molar refractivity (Wildman–Crippen MR) is 56.8 cm³/mol. The van der Waals surface area contributed by atoms with Crippen molar-refractivity contribution in [3.8, 4) is 0 Å². The van der Waals surface area contributed by atoms with Gasteiger partial charge in [0.1, 0.15) is 6.04 Å². The molecule has 5 heteroatoms. The van der Waals surface area contributed by atoms with Crippen molar-refractivity contribution in [3.63, 3.8) is 0 Å². The number of nitrogens with zero attached hydrogens (tertiary/aromatic N) is 1. The lowest BCUT2D eigenvalue weighted by Crippen LogP contribution is -2.45. The molecule has 1 rings (SSSR count). The number of carbonyl (C=O) groups is 2. The molecule has 86 valence electrons. The van der Waals surface area contributed by atoms with Gasteiger partial charge in [-0.15, -0.1) is 0 Å². The van der Waals surface area contributed by atoms with Crippen LogP contribution in [-0.4, -0.2) is 35.8 Å². The van der Waals surface area contributed by atoms with Crippen LogP contribution in [0.15, 0.2) is 0 Å². The van der Waals surface area contributed by atoms with Gasteiger partial charge >= 0.3 is 0 Å². The van der Waals surface area contributed by atoms with Gasteiger partial charge in [-0.05, 0) is 25.8 Å². The fraction of sp³-hybridized carbons (Fsp3) is 0.800. The Morgan fingerprint density at radius 1 is 1.53 bits per heavy atom. The van der Waals surface area contributed by atoms with Crippen LogP contribution in [0, 0.1) is 5.92 Å². The maximum Gasteiger partial charge on any atom is 0.240 e. The first kappa shape index (κ1) is 12.0.